The van der Waals surface area contributed by atoms with Gasteiger partial charge in [-0.2, -0.15) is 0 Å². The first-order valence-electron chi connectivity index (χ1n) is 4.06. The lowest BCUT2D eigenvalue weighted by Crippen LogP contribution is -2.35. The van der Waals surface area contributed by atoms with Crippen molar-refractivity contribution < 1.29 is 0 Å². The average molecular weight is 144 g/mol. The molecular formula is C8H20N2. The van der Waals surface area contributed by atoms with Gasteiger partial charge in [0, 0.05) is 5.54 Å². The Labute approximate surface area is 63.8 Å². The standard InChI is InChI=1S/C8H17N.H3N/c1-2-5-8(9)6-3-4-7-8;/h2-7,9H2,1H3;1H3. The van der Waals surface area contributed by atoms with Gasteiger partial charge in [-0.05, 0) is 19.3 Å². The van der Waals surface area contributed by atoms with Gasteiger partial charge in [-0.3, -0.25) is 0 Å². The van der Waals surface area contributed by atoms with E-state index in [1.807, 2.05) is 0 Å². The van der Waals surface area contributed by atoms with Crippen molar-refractivity contribution in [2.24, 2.45) is 5.73 Å². The van der Waals surface area contributed by atoms with Gasteiger partial charge in [0.25, 0.3) is 0 Å². The van der Waals surface area contributed by atoms with Gasteiger partial charge < -0.3 is 11.9 Å². The van der Waals surface area contributed by atoms with Gasteiger partial charge in [0.15, 0.2) is 0 Å². The van der Waals surface area contributed by atoms with Crippen molar-refractivity contribution in [3.63, 3.8) is 0 Å². The van der Waals surface area contributed by atoms with E-state index in [4.69, 9.17) is 5.73 Å². The van der Waals surface area contributed by atoms with Gasteiger partial charge in [0.2, 0.25) is 0 Å². The van der Waals surface area contributed by atoms with Crippen LogP contribution < -0.4 is 11.9 Å². The predicted molar refractivity (Wildman–Crippen MR) is 45.3 cm³/mol. The maximum atomic E-state index is 6.07. The van der Waals surface area contributed by atoms with Crippen LogP contribution in [0, 0.1) is 0 Å². The molecular weight excluding hydrogens is 124 g/mol. The van der Waals surface area contributed by atoms with Gasteiger partial charge >= 0.3 is 0 Å². The van der Waals surface area contributed by atoms with Crippen molar-refractivity contribution in [1.82, 2.24) is 6.15 Å². The van der Waals surface area contributed by atoms with E-state index >= 15 is 0 Å². The summed E-state index contributed by atoms with van der Waals surface area (Å²) in [6.07, 6.45) is 7.72. The van der Waals surface area contributed by atoms with Gasteiger partial charge in [-0.25, -0.2) is 0 Å². The molecule has 10 heavy (non-hydrogen) atoms. The van der Waals surface area contributed by atoms with Crippen molar-refractivity contribution >= 4 is 0 Å². The Morgan fingerprint density at radius 1 is 1.30 bits per heavy atom. The molecule has 0 atom stereocenters. The molecule has 0 aromatic carbocycles. The first-order chi connectivity index (χ1) is 4.27. The first-order valence-corrected chi connectivity index (χ1v) is 4.06. The smallest absolute Gasteiger partial charge is 0.0154 e. The van der Waals surface area contributed by atoms with Crippen LogP contribution in [0.5, 0.6) is 0 Å². The quantitative estimate of drug-likeness (QED) is 0.624. The summed E-state index contributed by atoms with van der Waals surface area (Å²) in [5.74, 6) is 0. The monoisotopic (exact) mass is 144 g/mol. The zero-order valence-electron chi connectivity index (χ0n) is 7.03. The third-order valence-corrected chi connectivity index (χ3v) is 2.35. The topological polar surface area (TPSA) is 61.0 Å². The molecule has 1 rings (SSSR count). The summed E-state index contributed by atoms with van der Waals surface area (Å²) < 4.78 is 0. The SMILES string of the molecule is CCCC1(N)CCCC1.N. The summed E-state index contributed by atoms with van der Waals surface area (Å²) in [6.45, 7) is 2.22. The number of rotatable bonds is 2. The van der Waals surface area contributed by atoms with E-state index in [0.717, 1.165) is 0 Å². The molecule has 0 aromatic rings. The van der Waals surface area contributed by atoms with Gasteiger partial charge in [-0.1, -0.05) is 26.2 Å². The van der Waals surface area contributed by atoms with E-state index in [0.29, 0.717) is 0 Å². The molecule has 5 N–H and O–H groups in total. The third-order valence-electron chi connectivity index (χ3n) is 2.35. The first kappa shape index (κ1) is 9.92. The number of hydrogen-bond donors (Lipinski definition) is 2. The Morgan fingerprint density at radius 2 is 1.80 bits per heavy atom. The van der Waals surface area contributed by atoms with E-state index in [9.17, 15) is 0 Å². The molecule has 0 amide bonds. The van der Waals surface area contributed by atoms with E-state index in [-0.39, 0.29) is 11.7 Å². The summed E-state index contributed by atoms with van der Waals surface area (Å²) in [4.78, 5) is 0. The van der Waals surface area contributed by atoms with Crippen LogP contribution in [0.1, 0.15) is 45.4 Å². The van der Waals surface area contributed by atoms with E-state index in [1.165, 1.54) is 38.5 Å². The second-order valence-electron chi connectivity index (χ2n) is 3.32. The van der Waals surface area contributed by atoms with Crippen molar-refractivity contribution in [1.29, 1.82) is 0 Å². The molecule has 2 heteroatoms. The van der Waals surface area contributed by atoms with Crippen LogP contribution in [0.2, 0.25) is 0 Å². The second kappa shape index (κ2) is 3.94. The molecule has 0 radical (unpaired) electrons. The zero-order valence-corrected chi connectivity index (χ0v) is 7.03. The zero-order chi connectivity index (χ0) is 6.74. The lowest BCUT2D eigenvalue weighted by molar-refractivity contribution is 0.401. The molecule has 1 aliphatic rings. The van der Waals surface area contributed by atoms with Crippen molar-refractivity contribution in [2.45, 2.75) is 51.0 Å². The largest absolute Gasteiger partial charge is 0.344 e. The summed E-state index contributed by atoms with van der Waals surface area (Å²) in [7, 11) is 0. The number of hydrogen-bond acceptors (Lipinski definition) is 2. The highest BCUT2D eigenvalue weighted by molar-refractivity contribution is 4.88. The van der Waals surface area contributed by atoms with Crippen molar-refractivity contribution in [3.05, 3.63) is 0 Å². The van der Waals surface area contributed by atoms with Crippen LogP contribution in [-0.4, -0.2) is 5.54 Å². The Morgan fingerprint density at radius 3 is 2.20 bits per heavy atom. The van der Waals surface area contributed by atoms with Crippen LogP contribution in [0.15, 0.2) is 0 Å². The molecule has 0 aliphatic heterocycles. The molecule has 2 nitrogen and oxygen atoms in total. The Hall–Kier alpha value is -0.0800. The minimum Gasteiger partial charge on any atom is -0.344 e. The fraction of sp³-hybridized carbons (Fsp3) is 1.00. The van der Waals surface area contributed by atoms with Crippen LogP contribution in [-0.2, 0) is 0 Å². The highest BCUT2D eigenvalue weighted by Crippen LogP contribution is 2.30. The highest BCUT2D eigenvalue weighted by Gasteiger charge is 2.27. The molecule has 0 saturated heterocycles. The third kappa shape index (κ3) is 2.27. The predicted octanol–water partition coefficient (Wildman–Crippen LogP) is 2.22. The summed E-state index contributed by atoms with van der Waals surface area (Å²) in [5.41, 5.74) is 6.31. The highest BCUT2D eigenvalue weighted by atomic mass is 14.7. The Balaban J connectivity index is 0.000000810. The lowest BCUT2D eigenvalue weighted by Gasteiger charge is -2.21. The minimum atomic E-state index is 0. The van der Waals surface area contributed by atoms with E-state index in [2.05, 4.69) is 6.92 Å². The molecule has 0 unspecified atom stereocenters. The van der Waals surface area contributed by atoms with Gasteiger partial charge in [0.1, 0.15) is 0 Å². The molecule has 0 spiro atoms. The average Bonchev–Trinajstić information content (AvgIpc) is 2.16. The normalized spacial score (nSPS) is 22.2. The van der Waals surface area contributed by atoms with Crippen molar-refractivity contribution in [2.75, 3.05) is 0 Å². The van der Waals surface area contributed by atoms with Crippen LogP contribution in [0.25, 0.3) is 0 Å². The maximum absolute atomic E-state index is 6.07. The summed E-state index contributed by atoms with van der Waals surface area (Å²) in [5, 5.41) is 0. The molecule has 0 bridgehead atoms. The summed E-state index contributed by atoms with van der Waals surface area (Å²) in [6, 6.07) is 0. The Bertz CT molecular complexity index is 85.3. The molecule has 0 aromatic heterocycles. The van der Waals surface area contributed by atoms with E-state index < -0.39 is 0 Å². The molecule has 1 aliphatic carbocycles. The molecule has 1 fully saturated rings. The lowest BCUT2D eigenvalue weighted by atomic mass is 9.94. The van der Waals surface area contributed by atoms with Crippen molar-refractivity contribution in [3.8, 4) is 0 Å². The van der Waals surface area contributed by atoms with Crippen LogP contribution in [0.3, 0.4) is 0 Å². The molecule has 1 saturated carbocycles. The molecule has 62 valence electrons. The summed E-state index contributed by atoms with van der Waals surface area (Å²) >= 11 is 0. The van der Waals surface area contributed by atoms with Gasteiger partial charge in [-0.15, -0.1) is 0 Å². The Kier molecular flexibility index (Phi) is 3.91. The van der Waals surface area contributed by atoms with Crippen LogP contribution in [0.4, 0.5) is 0 Å². The fourth-order valence-corrected chi connectivity index (χ4v) is 1.83. The number of nitrogens with two attached hydrogens (primary N) is 1. The van der Waals surface area contributed by atoms with E-state index in [1.54, 1.807) is 0 Å². The fourth-order valence-electron chi connectivity index (χ4n) is 1.83. The second-order valence-corrected chi connectivity index (χ2v) is 3.32. The molecule has 0 heterocycles. The van der Waals surface area contributed by atoms with Crippen LogP contribution >= 0.6 is 0 Å². The maximum Gasteiger partial charge on any atom is 0.0154 e. The van der Waals surface area contributed by atoms with Gasteiger partial charge in [0.05, 0.1) is 0 Å². The minimum absolute atomic E-state index is 0.